The molecule has 0 spiro atoms. The molecule has 0 aliphatic carbocycles. The largest absolute Gasteiger partial charge is 0.324 e. The molecule has 3 aromatic rings. The molecule has 206 valence electrons. The molecule has 0 fully saturated rings. The smallest absolute Gasteiger partial charge is 0.243 e. The zero-order chi connectivity index (χ0) is 28.2. The van der Waals surface area contributed by atoms with Gasteiger partial charge in [-0.1, -0.05) is 79.5 Å². The Morgan fingerprint density at radius 1 is 1.03 bits per heavy atom. The van der Waals surface area contributed by atoms with Crippen molar-refractivity contribution < 1.29 is 13.2 Å². The first kappa shape index (κ1) is 30.7. The lowest BCUT2D eigenvalue weighted by molar-refractivity contribution is -0.115. The SMILES string of the molecule is CC[C@@H](C)n1c(S[C@@H](C)C(=O)Nc2cc(Cl)c(Cl)cc2Cl)nnc1-c1cccc(S(=O)(=O)N(CC)CC)c1. The van der Waals surface area contributed by atoms with Gasteiger partial charge < -0.3 is 5.32 Å². The van der Waals surface area contributed by atoms with Crippen molar-refractivity contribution in [1.29, 1.82) is 0 Å². The molecule has 0 saturated carbocycles. The molecule has 8 nitrogen and oxygen atoms in total. The van der Waals surface area contributed by atoms with Crippen LogP contribution in [0.4, 0.5) is 5.69 Å². The minimum atomic E-state index is -3.64. The predicted octanol–water partition coefficient (Wildman–Crippen LogP) is 7.03. The summed E-state index contributed by atoms with van der Waals surface area (Å²) in [6.45, 7) is 10.2. The highest BCUT2D eigenvalue weighted by Gasteiger charge is 2.26. The Labute approximate surface area is 243 Å². The Morgan fingerprint density at radius 2 is 1.68 bits per heavy atom. The zero-order valence-corrected chi connectivity index (χ0v) is 25.6. The van der Waals surface area contributed by atoms with Crippen LogP contribution in [0.1, 0.15) is 47.1 Å². The maximum atomic E-state index is 13.1. The second kappa shape index (κ2) is 13.0. The van der Waals surface area contributed by atoms with E-state index < -0.39 is 15.3 Å². The summed E-state index contributed by atoms with van der Waals surface area (Å²) in [6, 6.07) is 9.67. The van der Waals surface area contributed by atoms with Crippen molar-refractivity contribution in [3.8, 4) is 11.4 Å². The quantitative estimate of drug-likeness (QED) is 0.183. The summed E-state index contributed by atoms with van der Waals surface area (Å²) < 4.78 is 29.5. The number of carbonyl (C=O) groups excluding carboxylic acids is 1. The highest BCUT2D eigenvalue weighted by atomic mass is 35.5. The number of anilines is 1. The van der Waals surface area contributed by atoms with E-state index in [1.807, 2.05) is 18.4 Å². The minimum absolute atomic E-state index is 0.00896. The number of aromatic nitrogens is 3. The minimum Gasteiger partial charge on any atom is -0.324 e. The number of nitrogens with one attached hydrogen (secondary N) is 1. The lowest BCUT2D eigenvalue weighted by Gasteiger charge is -2.20. The van der Waals surface area contributed by atoms with Gasteiger partial charge in [0.2, 0.25) is 15.9 Å². The van der Waals surface area contributed by atoms with Crippen LogP contribution in [-0.4, -0.2) is 51.7 Å². The Hall–Kier alpha value is -1.82. The molecule has 1 aromatic heterocycles. The van der Waals surface area contributed by atoms with Crippen LogP contribution in [0.15, 0.2) is 46.5 Å². The monoisotopic (exact) mass is 617 g/mol. The van der Waals surface area contributed by atoms with E-state index in [9.17, 15) is 13.2 Å². The molecule has 1 N–H and O–H groups in total. The molecule has 1 heterocycles. The topological polar surface area (TPSA) is 97.2 Å². The molecule has 38 heavy (non-hydrogen) atoms. The Bertz CT molecular complexity index is 1410. The summed E-state index contributed by atoms with van der Waals surface area (Å²) in [5.74, 6) is 0.224. The van der Waals surface area contributed by atoms with E-state index in [0.717, 1.165) is 6.42 Å². The van der Waals surface area contributed by atoms with Gasteiger partial charge >= 0.3 is 0 Å². The lowest BCUT2D eigenvalue weighted by Crippen LogP contribution is -2.30. The van der Waals surface area contributed by atoms with Gasteiger partial charge in [0.1, 0.15) is 0 Å². The number of halogens is 3. The van der Waals surface area contributed by atoms with Crippen LogP contribution in [0.2, 0.25) is 15.1 Å². The van der Waals surface area contributed by atoms with Gasteiger partial charge in [-0.3, -0.25) is 9.36 Å². The average Bonchev–Trinajstić information content (AvgIpc) is 3.30. The van der Waals surface area contributed by atoms with Gasteiger partial charge in [0, 0.05) is 24.7 Å². The van der Waals surface area contributed by atoms with Gasteiger partial charge in [-0.15, -0.1) is 10.2 Å². The summed E-state index contributed by atoms with van der Waals surface area (Å²) in [4.78, 5) is 13.2. The first-order valence-electron chi connectivity index (χ1n) is 12.1. The van der Waals surface area contributed by atoms with Gasteiger partial charge in [0.05, 0.1) is 30.9 Å². The highest BCUT2D eigenvalue weighted by molar-refractivity contribution is 8.00. The van der Waals surface area contributed by atoms with Gasteiger partial charge in [0.15, 0.2) is 11.0 Å². The van der Waals surface area contributed by atoms with E-state index in [-0.39, 0.29) is 26.9 Å². The summed E-state index contributed by atoms with van der Waals surface area (Å²) in [5, 5.41) is 12.4. The van der Waals surface area contributed by atoms with E-state index in [1.54, 1.807) is 45.0 Å². The summed E-state index contributed by atoms with van der Waals surface area (Å²) in [6.07, 6.45) is 0.773. The average molecular weight is 619 g/mol. The predicted molar refractivity (Wildman–Crippen MR) is 156 cm³/mol. The third-order valence-corrected chi connectivity index (χ3v) is 10.2. The molecule has 0 aliphatic heterocycles. The molecule has 2 atom stereocenters. The maximum absolute atomic E-state index is 13.1. The molecule has 0 aliphatic rings. The third-order valence-electron chi connectivity index (χ3n) is 6.05. The molecule has 3 rings (SSSR count). The van der Waals surface area contributed by atoms with Crippen molar-refractivity contribution in [3.05, 3.63) is 51.5 Å². The number of carbonyl (C=O) groups is 1. The summed E-state index contributed by atoms with van der Waals surface area (Å²) >= 11 is 19.5. The van der Waals surface area contributed by atoms with Gasteiger partial charge in [-0.25, -0.2) is 8.42 Å². The summed E-state index contributed by atoms with van der Waals surface area (Å²) in [7, 11) is -3.64. The maximum Gasteiger partial charge on any atom is 0.243 e. The number of amides is 1. The van der Waals surface area contributed by atoms with Crippen LogP contribution in [0.25, 0.3) is 11.4 Å². The van der Waals surface area contributed by atoms with Crippen LogP contribution < -0.4 is 5.32 Å². The van der Waals surface area contributed by atoms with E-state index in [1.165, 1.54) is 28.2 Å². The summed E-state index contributed by atoms with van der Waals surface area (Å²) in [5.41, 5.74) is 0.978. The Kier molecular flexibility index (Phi) is 10.5. The number of thioether (sulfide) groups is 1. The number of rotatable bonds is 11. The van der Waals surface area contributed by atoms with E-state index in [4.69, 9.17) is 34.8 Å². The fraction of sp³-hybridized carbons (Fsp3) is 0.400. The van der Waals surface area contributed by atoms with Crippen molar-refractivity contribution in [3.63, 3.8) is 0 Å². The molecule has 13 heteroatoms. The number of hydrogen-bond donors (Lipinski definition) is 1. The van der Waals surface area contributed by atoms with E-state index in [2.05, 4.69) is 15.5 Å². The van der Waals surface area contributed by atoms with Crippen LogP contribution >= 0.6 is 46.6 Å². The molecular formula is C25H30Cl3N5O3S2. The van der Waals surface area contributed by atoms with Crippen molar-refractivity contribution in [2.75, 3.05) is 18.4 Å². The van der Waals surface area contributed by atoms with Crippen molar-refractivity contribution in [2.24, 2.45) is 0 Å². The van der Waals surface area contributed by atoms with Gasteiger partial charge in [-0.2, -0.15) is 4.31 Å². The van der Waals surface area contributed by atoms with E-state index >= 15 is 0 Å². The molecule has 1 amide bonds. The van der Waals surface area contributed by atoms with Crippen LogP contribution in [0.5, 0.6) is 0 Å². The normalized spacial score (nSPS) is 13.5. The molecule has 2 aromatic carbocycles. The third kappa shape index (κ3) is 6.66. The lowest BCUT2D eigenvalue weighted by atomic mass is 10.2. The number of sulfonamides is 1. The van der Waals surface area contributed by atoms with Crippen molar-refractivity contribution in [1.82, 2.24) is 19.1 Å². The van der Waals surface area contributed by atoms with Gasteiger partial charge in [-0.05, 0) is 44.5 Å². The van der Waals surface area contributed by atoms with Crippen LogP contribution in [-0.2, 0) is 14.8 Å². The van der Waals surface area contributed by atoms with Crippen molar-refractivity contribution in [2.45, 2.75) is 62.4 Å². The fourth-order valence-electron chi connectivity index (χ4n) is 3.71. The zero-order valence-electron chi connectivity index (χ0n) is 21.7. The first-order chi connectivity index (χ1) is 17.9. The van der Waals surface area contributed by atoms with Crippen molar-refractivity contribution >= 4 is 68.2 Å². The van der Waals surface area contributed by atoms with Crippen LogP contribution in [0, 0.1) is 0 Å². The number of hydrogen-bond acceptors (Lipinski definition) is 6. The molecule has 0 unspecified atom stereocenters. The second-order valence-electron chi connectivity index (χ2n) is 8.55. The molecule has 0 bridgehead atoms. The Balaban J connectivity index is 1.92. The van der Waals surface area contributed by atoms with Crippen LogP contribution in [0.3, 0.4) is 0 Å². The highest BCUT2D eigenvalue weighted by Crippen LogP contribution is 2.35. The number of nitrogens with zero attached hydrogens (tertiary/aromatic N) is 4. The molecule has 0 radical (unpaired) electrons. The Morgan fingerprint density at radius 3 is 2.32 bits per heavy atom. The molecular weight excluding hydrogens is 589 g/mol. The fourth-order valence-corrected chi connectivity index (χ4v) is 6.76. The van der Waals surface area contributed by atoms with Gasteiger partial charge in [0.25, 0.3) is 0 Å². The molecule has 0 saturated heterocycles. The van der Waals surface area contributed by atoms with E-state index in [0.29, 0.717) is 40.3 Å². The second-order valence-corrected chi connectivity index (χ2v) is 13.0. The standard InChI is InChI=1S/C25H30Cl3N5O3S2/c1-6-15(4)33-23(17-10-9-11-18(12-17)38(35,36)32(7-2)8-3)30-31-25(33)37-16(5)24(34)29-22-14-20(27)19(26)13-21(22)28/h9-16H,6-8H2,1-5H3,(H,29,34)/t15-,16+/m1/s1. The first-order valence-corrected chi connectivity index (χ1v) is 15.6. The number of benzene rings is 2.